The minimum atomic E-state index is -0.324. The lowest BCUT2D eigenvalue weighted by molar-refractivity contribution is 0.103. The average molecular weight is 275 g/mol. The van der Waals surface area contributed by atoms with Gasteiger partial charge in [-0.2, -0.15) is 15.6 Å². The van der Waals surface area contributed by atoms with E-state index < -0.39 is 0 Å². The molecule has 0 saturated carbocycles. The summed E-state index contributed by atoms with van der Waals surface area (Å²) >= 11 is 0. The minimum absolute atomic E-state index is 0.274. The van der Waals surface area contributed by atoms with Crippen molar-refractivity contribution >= 4 is 17.2 Å². The van der Waals surface area contributed by atoms with Crippen LogP contribution in [0.4, 0.5) is 5.69 Å². The summed E-state index contributed by atoms with van der Waals surface area (Å²) in [6.45, 7) is 0. The zero-order valence-electron chi connectivity index (χ0n) is 10.8. The molecule has 0 unspecified atom stereocenters. The molecule has 0 aliphatic heterocycles. The lowest BCUT2D eigenvalue weighted by atomic mass is 10.1. The molecule has 0 spiro atoms. The molecule has 0 radical (unpaired) electrons. The monoisotopic (exact) mass is 275 g/mol. The number of nitrogens with one attached hydrogen (secondary N) is 1. The summed E-state index contributed by atoms with van der Waals surface area (Å²) in [7, 11) is 0. The highest BCUT2D eigenvalue weighted by atomic mass is 16.1. The molecule has 1 N–H and O–H groups in total. The van der Waals surface area contributed by atoms with Gasteiger partial charge in [-0.3, -0.25) is 15.2 Å². The fourth-order valence-corrected chi connectivity index (χ4v) is 1.60. The number of benzene rings is 1. The maximum atomic E-state index is 12.4. The van der Waals surface area contributed by atoms with Gasteiger partial charge in [0, 0.05) is 11.8 Å². The second-order valence-electron chi connectivity index (χ2n) is 3.89. The Labute approximate surface area is 121 Å². The van der Waals surface area contributed by atoms with Crippen molar-refractivity contribution in [2.75, 3.05) is 5.43 Å². The Hall–Kier alpha value is -3.51. The zero-order chi connectivity index (χ0) is 15.1. The van der Waals surface area contributed by atoms with Gasteiger partial charge in [-0.25, -0.2) is 0 Å². The van der Waals surface area contributed by atoms with E-state index in [1.165, 1.54) is 6.20 Å². The predicted molar refractivity (Wildman–Crippen MR) is 76.4 cm³/mol. The van der Waals surface area contributed by atoms with Crippen LogP contribution in [0.2, 0.25) is 0 Å². The molecule has 0 aliphatic carbocycles. The van der Waals surface area contributed by atoms with Gasteiger partial charge >= 0.3 is 0 Å². The highest BCUT2D eigenvalue weighted by Crippen LogP contribution is 2.18. The predicted octanol–water partition coefficient (Wildman–Crippen LogP) is 2.13. The van der Waals surface area contributed by atoms with Crippen molar-refractivity contribution in [3.8, 4) is 12.1 Å². The summed E-state index contributed by atoms with van der Waals surface area (Å²) in [5, 5.41) is 20.9. The van der Waals surface area contributed by atoms with E-state index in [4.69, 9.17) is 10.5 Å². The molecule has 0 amide bonds. The molecule has 2 rings (SSSR count). The van der Waals surface area contributed by atoms with E-state index in [0.717, 1.165) is 0 Å². The number of nitrogens with zero attached hydrogens (tertiary/aromatic N) is 4. The molecule has 1 aromatic carbocycles. The molecule has 1 aromatic heterocycles. The molecule has 0 bridgehead atoms. The van der Waals surface area contributed by atoms with Crippen LogP contribution in [-0.4, -0.2) is 16.5 Å². The van der Waals surface area contributed by atoms with Gasteiger partial charge in [0.05, 0.1) is 5.69 Å². The van der Waals surface area contributed by atoms with Crippen LogP contribution in [0.1, 0.15) is 16.1 Å². The van der Waals surface area contributed by atoms with Crippen LogP contribution in [0.25, 0.3) is 0 Å². The first-order valence-electron chi connectivity index (χ1n) is 5.95. The van der Waals surface area contributed by atoms with Gasteiger partial charge in [-0.1, -0.05) is 18.2 Å². The Morgan fingerprint density at radius 2 is 1.81 bits per heavy atom. The minimum Gasteiger partial charge on any atom is -0.287 e. The van der Waals surface area contributed by atoms with Crippen molar-refractivity contribution in [1.29, 1.82) is 10.5 Å². The van der Waals surface area contributed by atoms with E-state index in [1.807, 2.05) is 0 Å². The van der Waals surface area contributed by atoms with Crippen LogP contribution >= 0.6 is 0 Å². The van der Waals surface area contributed by atoms with Gasteiger partial charge < -0.3 is 0 Å². The van der Waals surface area contributed by atoms with Crippen LogP contribution in [0.15, 0.2) is 53.8 Å². The summed E-state index contributed by atoms with van der Waals surface area (Å²) in [5.41, 5.74) is 3.29. The van der Waals surface area contributed by atoms with Gasteiger partial charge in [0.1, 0.15) is 17.8 Å². The molecular weight excluding hydrogens is 266 g/mol. The Morgan fingerprint density at radius 3 is 2.48 bits per heavy atom. The normalized spacial score (nSPS) is 9.05. The summed E-state index contributed by atoms with van der Waals surface area (Å²) in [5.74, 6) is -0.274. The average Bonchev–Trinajstić information content (AvgIpc) is 2.56. The van der Waals surface area contributed by atoms with Gasteiger partial charge in [0.2, 0.25) is 11.5 Å². The summed E-state index contributed by atoms with van der Waals surface area (Å²) < 4.78 is 0. The highest BCUT2D eigenvalue weighted by Gasteiger charge is 2.14. The number of rotatable bonds is 4. The zero-order valence-corrected chi connectivity index (χ0v) is 10.8. The molecule has 0 aliphatic rings. The third-order valence-corrected chi connectivity index (χ3v) is 2.57. The van der Waals surface area contributed by atoms with Gasteiger partial charge in [-0.05, 0) is 24.3 Å². The molecular formula is C15H9N5O. The molecule has 0 fully saturated rings. The molecule has 6 nitrogen and oxygen atoms in total. The number of hydrogen-bond acceptors (Lipinski definition) is 6. The Morgan fingerprint density at radius 1 is 1.10 bits per heavy atom. The first kappa shape index (κ1) is 13.9. The number of anilines is 1. The van der Waals surface area contributed by atoms with E-state index in [1.54, 1.807) is 54.6 Å². The van der Waals surface area contributed by atoms with E-state index >= 15 is 0 Å². The highest BCUT2D eigenvalue weighted by molar-refractivity contribution is 6.12. The number of carbonyl (C=O) groups excluding carboxylic acids is 1. The topological polar surface area (TPSA) is 102 Å². The van der Waals surface area contributed by atoms with E-state index in [0.29, 0.717) is 16.9 Å². The second kappa shape index (κ2) is 6.60. The Bertz CT molecular complexity index is 753. The van der Waals surface area contributed by atoms with Crippen molar-refractivity contribution < 1.29 is 4.79 Å². The molecule has 21 heavy (non-hydrogen) atoms. The van der Waals surface area contributed by atoms with Crippen molar-refractivity contribution in [2.24, 2.45) is 5.10 Å². The van der Waals surface area contributed by atoms with Gasteiger partial charge in [0.25, 0.3) is 0 Å². The maximum absolute atomic E-state index is 12.4. The molecule has 6 heteroatoms. The fourth-order valence-electron chi connectivity index (χ4n) is 1.60. The molecule has 0 atom stereocenters. The molecule has 2 aromatic rings. The summed E-state index contributed by atoms with van der Waals surface area (Å²) in [4.78, 5) is 16.4. The van der Waals surface area contributed by atoms with E-state index in [2.05, 4.69) is 15.5 Å². The smallest absolute Gasteiger partial charge is 0.237 e. The quantitative estimate of drug-likeness (QED) is 0.523. The van der Waals surface area contributed by atoms with Crippen LogP contribution in [0.3, 0.4) is 0 Å². The first-order valence-corrected chi connectivity index (χ1v) is 5.95. The molecule has 1 heterocycles. The Balaban J connectivity index is 2.35. The number of nitriles is 2. The third-order valence-electron chi connectivity index (χ3n) is 2.57. The van der Waals surface area contributed by atoms with E-state index in [9.17, 15) is 4.79 Å². The lowest BCUT2D eigenvalue weighted by Crippen LogP contribution is -2.07. The number of para-hydroxylation sites is 1. The van der Waals surface area contributed by atoms with Crippen molar-refractivity contribution in [3.05, 3.63) is 59.9 Å². The van der Waals surface area contributed by atoms with Crippen LogP contribution in [0.5, 0.6) is 0 Å². The fraction of sp³-hybridized carbons (Fsp3) is 0. The van der Waals surface area contributed by atoms with Crippen LogP contribution in [0, 0.1) is 22.7 Å². The van der Waals surface area contributed by atoms with Crippen molar-refractivity contribution in [2.45, 2.75) is 0 Å². The van der Waals surface area contributed by atoms with Gasteiger partial charge in [0.15, 0.2) is 0 Å². The third kappa shape index (κ3) is 3.28. The largest absolute Gasteiger partial charge is 0.287 e. The number of hydrazone groups is 1. The number of pyridine rings is 1. The summed E-state index contributed by atoms with van der Waals surface area (Å²) in [6.07, 6.45) is 1.53. The molecule has 0 saturated heterocycles. The number of hydrogen-bond donors (Lipinski definition) is 1. The first-order chi connectivity index (χ1) is 10.3. The summed E-state index contributed by atoms with van der Waals surface area (Å²) in [6, 6.07) is 15.0. The van der Waals surface area contributed by atoms with E-state index in [-0.39, 0.29) is 11.5 Å². The molecule has 100 valence electrons. The Kier molecular flexibility index (Phi) is 4.37. The lowest BCUT2D eigenvalue weighted by Gasteiger charge is -2.07. The van der Waals surface area contributed by atoms with Crippen LogP contribution < -0.4 is 5.43 Å². The maximum Gasteiger partial charge on any atom is 0.237 e. The number of carbonyl (C=O) groups is 1. The standard InChI is InChI=1S/C15H9N5O/c16-9-11(10-17)19-20-13-6-2-1-5-12(13)15(21)14-7-3-4-8-18-14/h1-8,20H. The number of ketones is 1. The second-order valence-corrected chi connectivity index (χ2v) is 3.89. The van der Waals surface area contributed by atoms with Gasteiger partial charge in [-0.15, -0.1) is 0 Å². The van der Waals surface area contributed by atoms with Crippen molar-refractivity contribution in [3.63, 3.8) is 0 Å². The van der Waals surface area contributed by atoms with Crippen LogP contribution in [-0.2, 0) is 0 Å². The van der Waals surface area contributed by atoms with Crippen molar-refractivity contribution in [1.82, 2.24) is 4.98 Å². The number of aromatic nitrogens is 1. The SMILES string of the molecule is N#CC(C#N)=NNc1ccccc1C(=O)c1ccccn1.